The summed E-state index contributed by atoms with van der Waals surface area (Å²) >= 11 is 0. The van der Waals surface area contributed by atoms with Crippen LogP contribution in [-0.2, 0) is 6.42 Å². The molecule has 2 rings (SSSR count). The predicted octanol–water partition coefficient (Wildman–Crippen LogP) is 1.15. The van der Waals surface area contributed by atoms with E-state index in [2.05, 4.69) is 10.3 Å². The lowest BCUT2D eigenvalue weighted by Crippen LogP contribution is -2.26. The highest BCUT2D eigenvalue weighted by atomic mass is 16.2. The molecule has 3 N–H and O–H groups in total. The number of primary amides is 1. The Bertz CT molecular complexity index is 594. The molecule has 2 aromatic rings. The Morgan fingerprint density at radius 1 is 1.10 bits per heavy atom. The fraction of sp³-hybridized carbons (Fsp3) is 0.133. The van der Waals surface area contributed by atoms with Crippen LogP contribution in [0, 0.1) is 0 Å². The van der Waals surface area contributed by atoms with E-state index in [1.54, 1.807) is 0 Å². The van der Waals surface area contributed by atoms with Crippen LogP contribution in [0.4, 0.5) is 0 Å². The van der Waals surface area contributed by atoms with Gasteiger partial charge in [-0.2, -0.15) is 0 Å². The Hall–Kier alpha value is -2.69. The molecule has 1 aromatic carbocycles. The molecule has 0 unspecified atom stereocenters. The van der Waals surface area contributed by atoms with E-state index >= 15 is 0 Å². The maximum atomic E-state index is 11.8. The molecule has 0 fully saturated rings. The lowest BCUT2D eigenvalue weighted by molar-refractivity contribution is 0.0950. The molecule has 102 valence electrons. The molecule has 0 atom stereocenters. The van der Waals surface area contributed by atoms with E-state index in [4.69, 9.17) is 5.73 Å². The highest BCUT2D eigenvalue weighted by Gasteiger charge is 2.07. The van der Waals surface area contributed by atoms with Gasteiger partial charge in [0.05, 0.1) is 5.56 Å². The number of hydrogen-bond donors (Lipinski definition) is 2. The van der Waals surface area contributed by atoms with Crippen LogP contribution in [0.2, 0.25) is 0 Å². The number of pyridine rings is 1. The first-order valence-electron chi connectivity index (χ1n) is 6.25. The lowest BCUT2D eigenvalue weighted by Gasteiger charge is -2.05. The van der Waals surface area contributed by atoms with Crippen LogP contribution in [0.1, 0.15) is 26.4 Å². The van der Waals surface area contributed by atoms with E-state index in [1.165, 1.54) is 18.3 Å². The van der Waals surface area contributed by atoms with E-state index < -0.39 is 5.91 Å². The Labute approximate surface area is 116 Å². The molecule has 0 bridgehead atoms. The summed E-state index contributed by atoms with van der Waals surface area (Å²) in [6, 6.07) is 12.9. The molecule has 2 amide bonds. The zero-order valence-corrected chi connectivity index (χ0v) is 10.9. The number of nitrogens with two attached hydrogens (primary N) is 1. The Balaban J connectivity index is 1.87. The minimum Gasteiger partial charge on any atom is -0.364 e. The van der Waals surface area contributed by atoms with Crippen molar-refractivity contribution in [3.8, 4) is 0 Å². The highest BCUT2D eigenvalue weighted by Crippen LogP contribution is 2.01. The fourth-order valence-corrected chi connectivity index (χ4v) is 1.74. The maximum Gasteiger partial charge on any atom is 0.267 e. The van der Waals surface area contributed by atoms with E-state index in [1.807, 2.05) is 30.3 Å². The van der Waals surface area contributed by atoms with Gasteiger partial charge in [0.2, 0.25) is 0 Å². The van der Waals surface area contributed by atoms with E-state index in [-0.39, 0.29) is 11.6 Å². The van der Waals surface area contributed by atoms with Crippen LogP contribution in [-0.4, -0.2) is 23.3 Å². The van der Waals surface area contributed by atoms with Crippen LogP contribution in [0.3, 0.4) is 0 Å². The molecule has 0 aliphatic heterocycles. The normalized spacial score (nSPS) is 10.0. The number of aromatic nitrogens is 1. The van der Waals surface area contributed by atoms with Gasteiger partial charge in [-0.3, -0.25) is 14.6 Å². The second-order valence-electron chi connectivity index (χ2n) is 4.29. The maximum absolute atomic E-state index is 11.8. The van der Waals surface area contributed by atoms with Crippen molar-refractivity contribution in [2.75, 3.05) is 6.54 Å². The lowest BCUT2D eigenvalue weighted by atomic mass is 10.1. The molecule has 5 nitrogen and oxygen atoms in total. The first-order valence-corrected chi connectivity index (χ1v) is 6.25. The summed E-state index contributed by atoms with van der Waals surface area (Å²) in [5, 5.41) is 2.80. The topological polar surface area (TPSA) is 85.1 Å². The van der Waals surface area contributed by atoms with Gasteiger partial charge < -0.3 is 11.1 Å². The third-order valence-corrected chi connectivity index (χ3v) is 2.82. The zero-order chi connectivity index (χ0) is 14.4. The summed E-state index contributed by atoms with van der Waals surface area (Å²) < 4.78 is 0. The number of nitrogens with zero attached hydrogens (tertiary/aromatic N) is 1. The number of nitrogens with one attached hydrogen (secondary N) is 1. The van der Waals surface area contributed by atoms with Crippen molar-refractivity contribution in [1.29, 1.82) is 0 Å². The van der Waals surface area contributed by atoms with Gasteiger partial charge in [0.25, 0.3) is 11.8 Å². The summed E-state index contributed by atoms with van der Waals surface area (Å²) in [6.45, 7) is 0.542. The summed E-state index contributed by atoms with van der Waals surface area (Å²) in [4.78, 5) is 26.5. The van der Waals surface area contributed by atoms with Gasteiger partial charge in [-0.1, -0.05) is 30.3 Å². The Morgan fingerprint density at radius 2 is 1.85 bits per heavy atom. The number of rotatable bonds is 5. The SMILES string of the molecule is NC(=O)c1ccc(C(=O)NCCc2ccccc2)cn1. The second kappa shape index (κ2) is 6.47. The molecular weight excluding hydrogens is 254 g/mol. The fourth-order valence-electron chi connectivity index (χ4n) is 1.74. The van der Waals surface area contributed by atoms with Crippen LogP contribution < -0.4 is 11.1 Å². The van der Waals surface area contributed by atoms with Crippen molar-refractivity contribution < 1.29 is 9.59 Å². The summed E-state index contributed by atoms with van der Waals surface area (Å²) in [5.41, 5.74) is 6.79. The van der Waals surface area contributed by atoms with Crippen LogP contribution >= 0.6 is 0 Å². The van der Waals surface area contributed by atoms with E-state index in [0.717, 1.165) is 12.0 Å². The Kier molecular flexibility index (Phi) is 4.44. The molecule has 0 saturated carbocycles. The third-order valence-electron chi connectivity index (χ3n) is 2.82. The van der Waals surface area contributed by atoms with E-state index in [0.29, 0.717) is 12.1 Å². The number of benzene rings is 1. The van der Waals surface area contributed by atoms with Gasteiger partial charge in [0.15, 0.2) is 0 Å². The van der Waals surface area contributed by atoms with Crippen molar-refractivity contribution >= 4 is 11.8 Å². The van der Waals surface area contributed by atoms with Gasteiger partial charge in [0.1, 0.15) is 5.69 Å². The summed E-state index contributed by atoms with van der Waals surface area (Å²) in [6.07, 6.45) is 2.11. The molecule has 1 heterocycles. The Morgan fingerprint density at radius 3 is 2.45 bits per heavy atom. The quantitative estimate of drug-likeness (QED) is 0.854. The van der Waals surface area contributed by atoms with Crippen LogP contribution in [0.25, 0.3) is 0 Å². The molecule has 0 aliphatic carbocycles. The standard InChI is InChI=1S/C15H15N3O2/c16-14(19)13-7-6-12(10-18-13)15(20)17-9-8-11-4-2-1-3-5-11/h1-7,10H,8-9H2,(H2,16,19)(H,17,20). The number of hydrogen-bond acceptors (Lipinski definition) is 3. The summed E-state index contributed by atoms with van der Waals surface area (Å²) in [7, 11) is 0. The van der Waals surface area contributed by atoms with Crippen molar-refractivity contribution in [2.45, 2.75) is 6.42 Å². The van der Waals surface area contributed by atoms with Gasteiger partial charge in [-0.25, -0.2) is 0 Å². The number of carbonyl (C=O) groups excluding carboxylic acids is 2. The van der Waals surface area contributed by atoms with E-state index in [9.17, 15) is 9.59 Å². The van der Waals surface area contributed by atoms with Gasteiger partial charge in [-0.05, 0) is 24.1 Å². The zero-order valence-electron chi connectivity index (χ0n) is 10.9. The molecule has 5 heteroatoms. The minimum absolute atomic E-state index is 0.144. The molecule has 1 aromatic heterocycles. The van der Waals surface area contributed by atoms with Gasteiger partial charge in [-0.15, -0.1) is 0 Å². The summed E-state index contributed by atoms with van der Waals surface area (Å²) in [5.74, 6) is -0.828. The van der Waals surface area contributed by atoms with Crippen molar-refractivity contribution in [2.24, 2.45) is 5.73 Å². The molecule has 0 saturated heterocycles. The predicted molar refractivity (Wildman–Crippen MR) is 75.2 cm³/mol. The molecule has 0 aliphatic rings. The van der Waals surface area contributed by atoms with Crippen LogP contribution in [0.15, 0.2) is 48.7 Å². The smallest absolute Gasteiger partial charge is 0.267 e. The van der Waals surface area contributed by atoms with Crippen LogP contribution in [0.5, 0.6) is 0 Å². The minimum atomic E-state index is -0.610. The largest absolute Gasteiger partial charge is 0.364 e. The van der Waals surface area contributed by atoms with Crippen molar-refractivity contribution in [3.05, 3.63) is 65.5 Å². The first kappa shape index (κ1) is 13.7. The second-order valence-corrected chi connectivity index (χ2v) is 4.29. The van der Waals surface area contributed by atoms with Gasteiger partial charge in [0, 0.05) is 12.7 Å². The molecular formula is C15H15N3O2. The van der Waals surface area contributed by atoms with Crippen molar-refractivity contribution in [1.82, 2.24) is 10.3 Å². The first-order chi connectivity index (χ1) is 9.66. The van der Waals surface area contributed by atoms with Crippen molar-refractivity contribution in [3.63, 3.8) is 0 Å². The molecule has 0 spiro atoms. The monoisotopic (exact) mass is 269 g/mol. The third kappa shape index (κ3) is 3.65. The number of amides is 2. The molecule has 20 heavy (non-hydrogen) atoms. The molecule has 0 radical (unpaired) electrons. The average molecular weight is 269 g/mol. The van der Waals surface area contributed by atoms with Gasteiger partial charge >= 0.3 is 0 Å². The number of carbonyl (C=O) groups is 2. The average Bonchev–Trinajstić information content (AvgIpc) is 2.48. The highest BCUT2D eigenvalue weighted by molar-refractivity contribution is 5.95.